The van der Waals surface area contributed by atoms with Gasteiger partial charge in [0.25, 0.3) is 5.56 Å². The summed E-state index contributed by atoms with van der Waals surface area (Å²) in [6.45, 7) is 4.14. The number of carbonyl (C=O) groups is 1. The van der Waals surface area contributed by atoms with Crippen LogP contribution in [-0.2, 0) is 6.42 Å². The smallest absolute Gasteiger partial charge is 0.337 e. The normalized spacial score (nSPS) is 15.1. The first-order chi connectivity index (χ1) is 12.9. The number of aromatic carboxylic acids is 1. The van der Waals surface area contributed by atoms with Crippen molar-refractivity contribution in [2.45, 2.75) is 33.1 Å². The van der Waals surface area contributed by atoms with Gasteiger partial charge in [-0.15, -0.1) is 0 Å². The van der Waals surface area contributed by atoms with Crippen LogP contribution >= 0.6 is 0 Å². The lowest BCUT2D eigenvalue weighted by Gasteiger charge is -2.19. The molecule has 0 radical (unpaired) electrons. The second-order valence-corrected chi connectivity index (χ2v) is 7.08. The summed E-state index contributed by atoms with van der Waals surface area (Å²) in [6, 6.07) is 9.40. The summed E-state index contributed by atoms with van der Waals surface area (Å²) in [5.41, 5.74) is 6.36. The number of benzene rings is 1. The molecule has 0 unspecified atom stereocenters. The zero-order valence-corrected chi connectivity index (χ0v) is 15.3. The number of carboxylic acid groups (broad SMARTS) is 1. The molecule has 1 N–H and O–H groups in total. The number of carboxylic acids is 1. The number of rotatable bonds is 2. The van der Waals surface area contributed by atoms with E-state index in [-0.39, 0.29) is 11.1 Å². The molecule has 1 aliphatic carbocycles. The molecule has 3 aromatic rings. The van der Waals surface area contributed by atoms with Gasteiger partial charge in [0.2, 0.25) is 0 Å². The number of aromatic nitrogens is 2. The first kappa shape index (κ1) is 17.2. The van der Waals surface area contributed by atoms with Crippen molar-refractivity contribution in [1.29, 1.82) is 0 Å². The van der Waals surface area contributed by atoms with Crippen LogP contribution in [0, 0.1) is 13.8 Å². The molecule has 27 heavy (non-hydrogen) atoms. The molecule has 0 spiro atoms. The van der Waals surface area contributed by atoms with Crippen molar-refractivity contribution in [3.63, 3.8) is 0 Å². The van der Waals surface area contributed by atoms with Gasteiger partial charge in [-0.2, -0.15) is 0 Å². The average Bonchev–Trinajstić information content (AvgIpc) is 2.65. The third-order valence-corrected chi connectivity index (χ3v) is 5.10. The van der Waals surface area contributed by atoms with E-state index in [4.69, 9.17) is 4.98 Å². The van der Waals surface area contributed by atoms with Crippen molar-refractivity contribution >= 4 is 23.3 Å². The molecule has 0 aliphatic heterocycles. The predicted octanol–water partition coefficient (Wildman–Crippen LogP) is 3.89. The molecule has 136 valence electrons. The van der Waals surface area contributed by atoms with Gasteiger partial charge in [0.15, 0.2) is 0 Å². The van der Waals surface area contributed by atoms with E-state index in [0.29, 0.717) is 17.6 Å². The molecule has 4 rings (SSSR count). The Morgan fingerprint density at radius 2 is 2.00 bits per heavy atom. The molecule has 2 heterocycles. The van der Waals surface area contributed by atoms with Crippen molar-refractivity contribution in [1.82, 2.24) is 9.38 Å². The Labute approximate surface area is 156 Å². The van der Waals surface area contributed by atoms with Gasteiger partial charge in [-0.3, -0.25) is 9.20 Å². The van der Waals surface area contributed by atoms with Gasteiger partial charge in [0, 0.05) is 11.8 Å². The van der Waals surface area contributed by atoms with Crippen molar-refractivity contribution < 1.29 is 9.90 Å². The third-order valence-electron chi connectivity index (χ3n) is 5.10. The molecule has 5 heteroatoms. The number of hydrogen-bond donors (Lipinski definition) is 1. The molecule has 0 atom stereocenters. The van der Waals surface area contributed by atoms with Crippen LogP contribution in [0.2, 0.25) is 0 Å². The standard InChI is InChI=1S/C22H20N2O3/c1-13-6-7-14(2)17(10-13)11-15-4-3-5-18-20(15)23-19-9-8-16(22(26)27)12-24(19)21(18)25/h6-12H,3-5H2,1-2H3,(H,26,27)/b15-11-. The van der Waals surface area contributed by atoms with E-state index < -0.39 is 5.97 Å². The fourth-order valence-electron chi connectivity index (χ4n) is 3.61. The van der Waals surface area contributed by atoms with Gasteiger partial charge in [-0.05, 0) is 68.0 Å². The van der Waals surface area contributed by atoms with Crippen LogP contribution in [0.25, 0.3) is 17.3 Å². The maximum absolute atomic E-state index is 13.0. The number of nitrogens with zero attached hydrogens (tertiary/aromatic N) is 2. The van der Waals surface area contributed by atoms with Gasteiger partial charge < -0.3 is 5.11 Å². The van der Waals surface area contributed by atoms with Crippen molar-refractivity contribution in [3.8, 4) is 0 Å². The van der Waals surface area contributed by atoms with Crippen molar-refractivity contribution in [3.05, 3.63) is 80.4 Å². The molecule has 1 aromatic carbocycles. The lowest BCUT2D eigenvalue weighted by Crippen LogP contribution is -2.25. The highest BCUT2D eigenvalue weighted by Crippen LogP contribution is 2.30. The minimum Gasteiger partial charge on any atom is -0.478 e. The summed E-state index contributed by atoms with van der Waals surface area (Å²) in [7, 11) is 0. The molecule has 0 amide bonds. The quantitative estimate of drug-likeness (QED) is 0.753. The lowest BCUT2D eigenvalue weighted by atomic mass is 9.90. The number of fused-ring (bicyclic) bond motifs is 2. The van der Waals surface area contributed by atoms with Gasteiger partial charge in [0.05, 0.1) is 11.3 Å². The minimum absolute atomic E-state index is 0.0771. The highest BCUT2D eigenvalue weighted by Gasteiger charge is 2.21. The fraction of sp³-hybridized carbons (Fsp3) is 0.227. The zero-order valence-electron chi connectivity index (χ0n) is 15.3. The maximum atomic E-state index is 13.0. The highest BCUT2D eigenvalue weighted by atomic mass is 16.4. The van der Waals surface area contributed by atoms with E-state index in [1.54, 1.807) is 6.07 Å². The minimum atomic E-state index is -1.06. The van der Waals surface area contributed by atoms with Gasteiger partial charge in [0.1, 0.15) is 5.65 Å². The fourth-order valence-corrected chi connectivity index (χ4v) is 3.61. The Balaban J connectivity index is 1.92. The largest absolute Gasteiger partial charge is 0.478 e. The molecule has 0 saturated heterocycles. The second kappa shape index (κ2) is 6.50. The van der Waals surface area contributed by atoms with Crippen molar-refractivity contribution in [2.75, 3.05) is 0 Å². The zero-order chi connectivity index (χ0) is 19.1. The SMILES string of the molecule is Cc1ccc(C)c(/C=C2/CCCc3c2nc2ccc(C(=O)O)cn2c3=O)c1. The van der Waals surface area contributed by atoms with E-state index in [1.807, 2.05) is 0 Å². The van der Waals surface area contributed by atoms with Gasteiger partial charge in [-0.25, -0.2) is 9.78 Å². The number of pyridine rings is 1. The van der Waals surface area contributed by atoms with Crippen LogP contribution in [0.4, 0.5) is 0 Å². The molecular weight excluding hydrogens is 340 g/mol. The van der Waals surface area contributed by atoms with E-state index in [9.17, 15) is 14.7 Å². The molecule has 0 fully saturated rings. The molecule has 1 aliphatic rings. The Morgan fingerprint density at radius 3 is 2.78 bits per heavy atom. The summed E-state index contributed by atoms with van der Waals surface area (Å²) < 4.78 is 1.35. The molecular formula is C22H20N2O3. The monoisotopic (exact) mass is 360 g/mol. The van der Waals surface area contributed by atoms with E-state index in [1.165, 1.54) is 27.8 Å². The Kier molecular flexibility index (Phi) is 4.15. The van der Waals surface area contributed by atoms with E-state index in [2.05, 4.69) is 38.1 Å². The molecule has 0 bridgehead atoms. The number of hydrogen-bond acceptors (Lipinski definition) is 3. The third kappa shape index (κ3) is 3.05. The van der Waals surface area contributed by atoms with Crippen LogP contribution in [-0.4, -0.2) is 20.5 Å². The van der Waals surface area contributed by atoms with E-state index in [0.717, 1.165) is 29.7 Å². The molecule has 2 aromatic heterocycles. The number of allylic oxidation sites excluding steroid dienone is 1. The summed E-state index contributed by atoms with van der Waals surface area (Å²) in [5.74, 6) is -1.06. The summed E-state index contributed by atoms with van der Waals surface area (Å²) in [5, 5.41) is 9.18. The average molecular weight is 360 g/mol. The van der Waals surface area contributed by atoms with Crippen LogP contribution in [0.5, 0.6) is 0 Å². The Hall–Kier alpha value is -3.21. The van der Waals surface area contributed by atoms with Crippen LogP contribution in [0.1, 0.15) is 51.1 Å². The second-order valence-electron chi connectivity index (χ2n) is 7.08. The van der Waals surface area contributed by atoms with Gasteiger partial charge >= 0.3 is 5.97 Å². The lowest BCUT2D eigenvalue weighted by molar-refractivity contribution is 0.0696. The van der Waals surface area contributed by atoms with E-state index >= 15 is 0 Å². The number of aryl methyl sites for hydroxylation is 2. The molecule has 5 nitrogen and oxygen atoms in total. The van der Waals surface area contributed by atoms with Crippen LogP contribution in [0.15, 0.2) is 41.3 Å². The van der Waals surface area contributed by atoms with Crippen LogP contribution in [0.3, 0.4) is 0 Å². The van der Waals surface area contributed by atoms with Gasteiger partial charge in [-0.1, -0.05) is 23.8 Å². The highest BCUT2D eigenvalue weighted by molar-refractivity contribution is 5.88. The molecule has 0 saturated carbocycles. The first-order valence-electron chi connectivity index (χ1n) is 9.01. The van der Waals surface area contributed by atoms with Crippen molar-refractivity contribution in [2.24, 2.45) is 0 Å². The Morgan fingerprint density at radius 1 is 1.19 bits per heavy atom. The summed E-state index contributed by atoms with van der Waals surface area (Å²) in [4.78, 5) is 28.9. The maximum Gasteiger partial charge on any atom is 0.337 e. The van der Waals surface area contributed by atoms with Crippen LogP contribution < -0.4 is 5.56 Å². The topological polar surface area (TPSA) is 71.7 Å². The Bertz CT molecular complexity index is 1170. The summed E-state index contributed by atoms with van der Waals surface area (Å²) >= 11 is 0. The summed E-state index contributed by atoms with van der Waals surface area (Å²) in [6.07, 6.45) is 5.90. The predicted molar refractivity (Wildman–Crippen MR) is 105 cm³/mol. The first-order valence-corrected chi connectivity index (χ1v) is 9.01.